The van der Waals surface area contributed by atoms with Gasteiger partial charge in [0.15, 0.2) is 0 Å². The van der Waals surface area contributed by atoms with Gasteiger partial charge in [0.25, 0.3) is 0 Å². The number of hydrogen-bond donors (Lipinski definition) is 3. The average molecular weight is 530 g/mol. The molecule has 0 aromatic heterocycles. The Labute approximate surface area is 190 Å². The van der Waals surface area contributed by atoms with Gasteiger partial charge in [-0.05, 0) is 76.2 Å². The Kier molecular flexibility index (Phi) is 9.64. The van der Waals surface area contributed by atoms with Crippen molar-refractivity contribution in [1.29, 1.82) is 0 Å². The third-order valence-electron chi connectivity index (χ3n) is 4.65. The van der Waals surface area contributed by atoms with Crippen molar-refractivity contribution in [3.8, 4) is 0 Å². The third kappa shape index (κ3) is 8.28. The number of aliphatic hydroxyl groups excluding tert-OH is 1. The first kappa shape index (κ1) is 24.7. The normalized spacial score (nSPS) is 13.3. The van der Waals surface area contributed by atoms with E-state index in [1.54, 1.807) is 0 Å². The van der Waals surface area contributed by atoms with Crippen LogP contribution in [0.25, 0.3) is 0 Å². The van der Waals surface area contributed by atoms with E-state index in [2.05, 4.69) is 65.3 Å². The van der Waals surface area contributed by atoms with E-state index < -0.39 is 23.8 Å². The van der Waals surface area contributed by atoms with Gasteiger partial charge in [-0.25, -0.2) is 8.78 Å². The summed E-state index contributed by atoms with van der Waals surface area (Å²) in [6.07, 6.45) is 0.205. The molecule has 0 aliphatic rings. The van der Waals surface area contributed by atoms with Gasteiger partial charge in [0, 0.05) is 29.6 Å². The van der Waals surface area contributed by atoms with Crippen molar-refractivity contribution in [2.75, 3.05) is 6.54 Å². The minimum Gasteiger partial charge on any atom is -0.390 e. The lowest BCUT2D eigenvalue weighted by Crippen LogP contribution is -2.48. The zero-order chi connectivity index (χ0) is 22.3. The number of amides is 1. The molecule has 0 saturated heterocycles. The second kappa shape index (κ2) is 11.7. The molecule has 0 heterocycles. The van der Waals surface area contributed by atoms with Crippen molar-refractivity contribution in [3.05, 3.63) is 68.3 Å². The number of hydrogen-bond acceptors (Lipinski definition) is 3. The van der Waals surface area contributed by atoms with E-state index in [4.69, 9.17) is 0 Å². The highest BCUT2D eigenvalue weighted by Crippen LogP contribution is 2.17. The number of halogens is 3. The van der Waals surface area contributed by atoms with Crippen molar-refractivity contribution in [2.24, 2.45) is 5.92 Å². The fourth-order valence-corrected chi connectivity index (χ4v) is 3.91. The smallest absolute Gasteiger partial charge is 0.217 e. The van der Waals surface area contributed by atoms with E-state index in [9.17, 15) is 18.7 Å². The van der Waals surface area contributed by atoms with Crippen molar-refractivity contribution >= 4 is 28.5 Å². The largest absolute Gasteiger partial charge is 0.390 e. The lowest BCUT2D eigenvalue weighted by molar-refractivity contribution is -0.120. The Morgan fingerprint density at radius 2 is 1.73 bits per heavy atom. The molecular formula is C23H29F2IN2O2. The van der Waals surface area contributed by atoms with Crippen LogP contribution in [0.1, 0.15) is 37.5 Å². The highest BCUT2D eigenvalue weighted by molar-refractivity contribution is 14.1. The summed E-state index contributed by atoms with van der Waals surface area (Å²) < 4.78 is 28.1. The SMILES string of the molecule is CC(=O)NC(Cc1cc(F)cc(F)c1)[C@H](O)CNCc1cc(CC(C)C)ccc1I. The molecule has 0 aliphatic carbocycles. The molecule has 164 valence electrons. The Hall–Kier alpha value is -1.58. The molecule has 1 amide bonds. The molecule has 7 heteroatoms. The van der Waals surface area contributed by atoms with Crippen LogP contribution in [-0.2, 0) is 24.2 Å². The van der Waals surface area contributed by atoms with Crippen LogP contribution in [-0.4, -0.2) is 29.7 Å². The van der Waals surface area contributed by atoms with E-state index in [-0.39, 0.29) is 18.9 Å². The molecule has 2 aromatic carbocycles. The molecular weight excluding hydrogens is 501 g/mol. The van der Waals surface area contributed by atoms with Crippen molar-refractivity contribution in [2.45, 2.75) is 52.3 Å². The molecule has 1 unspecified atom stereocenters. The van der Waals surface area contributed by atoms with Gasteiger partial charge in [-0.1, -0.05) is 26.0 Å². The number of benzene rings is 2. The summed E-state index contributed by atoms with van der Waals surface area (Å²) in [5.41, 5.74) is 2.79. The van der Waals surface area contributed by atoms with Crippen molar-refractivity contribution in [3.63, 3.8) is 0 Å². The lowest BCUT2D eigenvalue weighted by atomic mass is 10.00. The molecule has 2 atom stereocenters. The van der Waals surface area contributed by atoms with Crippen LogP contribution in [0.3, 0.4) is 0 Å². The predicted molar refractivity (Wildman–Crippen MR) is 123 cm³/mol. The van der Waals surface area contributed by atoms with E-state index in [0.717, 1.165) is 21.6 Å². The standard InChI is InChI=1S/C23H29F2IN2O2/c1-14(2)6-16-4-5-21(26)18(7-16)12-27-13-23(30)22(28-15(3)29)10-17-8-19(24)11-20(25)9-17/h4-5,7-9,11,14,22-23,27,30H,6,10,12-13H2,1-3H3,(H,28,29)/t22?,23-/m1/s1. The number of rotatable bonds is 10. The maximum Gasteiger partial charge on any atom is 0.217 e. The molecule has 2 aromatic rings. The van der Waals surface area contributed by atoms with E-state index in [1.165, 1.54) is 24.6 Å². The number of carbonyl (C=O) groups excluding carboxylic acids is 1. The molecule has 0 spiro atoms. The summed E-state index contributed by atoms with van der Waals surface area (Å²) in [4.78, 5) is 11.6. The first-order valence-corrected chi connectivity index (χ1v) is 11.1. The summed E-state index contributed by atoms with van der Waals surface area (Å²) in [6, 6.07) is 8.94. The van der Waals surface area contributed by atoms with E-state index >= 15 is 0 Å². The van der Waals surface area contributed by atoms with Gasteiger partial charge < -0.3 is 15.7 Å². The van der Waals surface area contributed by atoms with Gasteiger partial charge in [0.05, 0.1) is 12.1 Å². The monoisotopic (exact) mass is 530 g/mol. The van der Waals surface area contributed by atoms with Crippen molar-refractivity contribution in [1.82, 2.24) is 10.6 Å². The maximum atomic E-state index is 13.5. The van der Waals surface area contributed by atoms with Gasteiger partial charge in [-0.3, -0.25) is 4.79 Å². The Balaban J connectivity index is 2.00. The second-order valence-electron chi connectivity index (χ2n) is 8.01. The number of carbonyl (C=O) groups is 1. The molecule has 0 saturated carbocycles. The van der Waals surface area contributed by atoms with E-state index in [0.29, 0.717) is 18.0 Å². The summed E-state index contributed by atoms with van der Waals surface area (Å²) >= 11 is 2.29. The van der Waals surface area contributed by atoms with Gasteiger partial charge in [0.2, 0.25) is 5.91 Å². The van der Waals surface area contributed by atoms with Crippen LogP contribution in [0.4, 0.5) is 8.78 Å². The predicted octanol–water partition coefficient (Wildman–Crippen LogP) is 3.97. The highest BCUT2D eigenvalue weighted by atomic mass is 127. The zero-order valence-electron chi connectivity index (χ0n) is 17.5. The minimum atomic E-state index is -0.920. The molecule has 0 fully saturated rings. The molecule has 3 N–H and O–H groups in total. The number of nitrogens with one attached hydrogen (secondary N) is 2. The quantitative estimate of drug-likeness (QED) is 0.408. The van der Waals surface area contributed by atoms with Crippen LogP contribution in [0.15, 0.2) is 36.4 Å². The zero-order valence-corrected chi connectivity index (χ0v) is 19.7. The average Bonchev–Trinajstić information content (AvgIpc) is 2.62. The van der Waals surface area contributed by atoms with E-state index in [1.807, 2.05) is 0 Å². The topological polar surface area (TPSA) is 61.4 Å². The van der Waals surface area contributed by atoms with Crippen LogP contribution in [0.2, 0.25) is 0 Å². The lowest BCUT2D eigenvalue weighted by Gasteiger charge is -2.24. The first-order valence-electron chi connectivity index (χ1n) is 10.0. The maximum absolute atomic E-state index is 13.5. The second-order valence-corrected chi connectivity index (χ2v) is 9.17. The van der Waals surface area contributed by atoms with Crippen LogP contribution in [0.5, 0.6) is 0 Å². The fraction of sp³-hybridized carbons (Fsp3) is 0.435. The van der Waals surface area contributed by atoms with Gasteiger partial charge >= 0.3 is 0 Å². The highest BCUT2D eigenvalue weighted by Gasteiger charge is 2.21. The number of aliphatic hydroxyl groups is 1. The Morgan fingerprint density at radius 3 is 2.33 bits per heavy atom. The molecule has 2 rings (SSSR count). The van der Waals surface area contributed by atoms with Gasteiger partial charge in [0.1, 0.15) is 11.6 Å². The Bertz CT molecular complexity index is 841. The summed E-state index contributed by atoms with van der Waals surface area (Å²) in [5.74, 6) is -1.12. The summed E-state index contributed by atoms with van der Waals surface area (Å²) in [6.45, 7) is 6.51. The first-order chi connectivity index (χ1) is 14.1. The summed E-state index contributed by atoms with van der Waals surface area (Å²) in [7, 11) is 0. The molecule has 30 heavy (non-hydrogen) atoms. The third-order valence-corrected chi connectivity index (χ3v) is 5.71. The fourth-order valence-electron chi connectivity index (χ4n) is 3.39. The molecule has 4 nitrogen and oxygen atoms in total. The Morgan fingerprint density at radius 1 is 1.07 bits per heavy atom. The molecule has 0 radical (unpaired) electrons. The van der Waals surface area contributed by atoms with Crippen LogP contribution < -0.4 is 10.6 Å². The molecule has 0 bridgehead atoms. The van der Waals surface area contributed by atoms with Crippen LogP contribution in [0, 0.1) is 21.1 Å². The van der Waals surface area contributed by atoms with Gasteiger partial charge in [-0.2, -0.15) is 0 Å². The minimum absolute atomic E-state index is 0.124. The summed E-state index contributed by atoms with van der Waals surface area (Å²) in [5, 5.41) is 16.5. The molecule has 0 aliphatic heterocycles. The van der Waals surface area contributed by atoms with Crippen LogP contribution >= 0.6 is 22.6 Å². The van der Waals surface area contributed by atoms with Gasteiger partial charge in [-0.15, -0.1) is 0 Å². The van der Waals surface area contributed by atoms with Crippen molar-refractivity contribution < 1.29 is 18.7 Å².